The quantitative estimate of drug-likeness (QED) is 0.620. The summed E-state index contributed by atoms with van der Waals surface area (Å²) >= 11 is 0. The maximum atomic E-state index is 11.5. The highest BCUT2D eigenvalue weighted by Gasteiger charge is 2.02. The lowest BCUT2D eigenvalue weighted by Crippen LogP contribution is -2.29. The lowest BCUT2D eigenvalue weighted by molar-refractivity contribution is -0.123. The van der Waals surface area contributed by atoms with E-state index in [-0.39, 0.29) is 12.5 Å². The van der Waals surface area contributed by atoms with Crippen LogP contribution in [0.4, 0.5) is 0 Å². The molecule has 0 aliphatic rings. The van der Waals surface area contributed by atoms with Gasteiger partial charge in [-0.3, -0.25) is 4.79 Å². The van der Waals surface area contributed by atoms with Crippen molar-refractivity contribution < 1.29 is 9.53 Å². The van der Waals surface area contributed by atoms with E-state index in [9.17, 15) is 4.79 Å². The van der Waals surface area contributed by atoms with Crippen molar-refractivity contribution in [2.24, 2.45) is 0 Å². The van der Waals surface area contributed by atoms with E-state index < -0.39 is 0 Å². The van der Waals surface area contributed by atoms with Crippen LogP contribution >= 0.6 is 0 Å². The minimum atomic E-state index is -0.0854. The van der Waals surface area contributed by atoms with Crippen LogP contribution in [0.5, 0.6) is 5.75 Å². The molecule has 0 saturated heterocycles. The molecule has 0 spiro atoms. The van der Waals surface area contributed by atoms with Crippen molar-refractivity contribution in [2.45, 2.75) is 27.2 Å². The van der Waals surface area contributed by atoms with E-state index in [1.165, 1.54) is 11.1 Å². The first kappa shape index (κ1) is 14.3. The van der Waals surface area contributed by atoms with Crippen LogP contribution in [-0.4, -0.2) is 19.1 Å². The van der Waals surface area contributed by atoms with Gasteiger partial charge in [-0.1, -0.05) is 18.2 Å². The van der Waals surface area contributed by atoms with Crippen molar-refractivity contribution >= 4 is 5.91 Å². The molecule has 0 bridgehead atoms. The highest BCUT2D eigenvalue weighted by Crippen LogP contribution is 2.16. The number of carbonyl (C=O) groups is 1. The monoisotopic (exact) mass is 247 g/mol. The highest BCUT2D eigenvalue weighted by atomic mass is 16.5. The van der Waals surface area contributed by atoms with Gasteiger partial charge in [-0.15, -0.1) is 0 Å². The molecule has 0 saturated carbocycles. The third-order valence-electron chi connectivity index (χ3n) is 2.72. The van der Waals surface area contributed by atoms with Crippen molar-refractivity contribution in [3.8, 4) is 5.75 Å². The number of rotatable bonds is 6. The lowest BCUT2D eigenvalue weighted by atomic mass is 10.1. The molecule has 0 atom stereocenters. The Bertz CT molecular complexity index is 425. The zero-order valence-electron chi connectivity index (χ0n) is 11.3. The summed E-state index contributed by atoms with van der Waals surface area (Å²) in [6.45, 7) is 6.76. The second kappa shape index (κ2) is 7.54. The zero-order valence-corrected chi connectivity index (χ0v) is 11.3. The largest absolute Gasteiger partial charge is 0.484 e. The summed E-state index contributed by atoms with van der Waals surface area (Å²) in [5, 5.41) is 2.80. The fourth-order valence-electron chi connectivity index (χ4n) is 1.47. The van der Waals surface area contributed by atoms with Crippen molar-refractivity contribution in [1.29, 1.82) is 0 Å². The first-order valence-electron chi connectivity index (χ1n) is 6.21. The standard InChI is InChI=1S/C15H21NO2/c1-4-5-6-9-16-15(17)11-18-14-8-7-12(2)13(3)10-14/h4-5,7-8,10H,6,9,11H2,1-3H3,(H,16,17)/b5-4+. The molecule has 1 rings (SSSR count). The molecular formula is C15H21NO2. The molecule has 0 heterocycles. The molecule has 18 heavy (non-hydrogen) atoms. The first-order chi connectivity index (χ1) is 8.63. The minimum Gasteiger partial charge on any atom is -0.484 e. The lowest BCUT2D eigenvalue weighted by Gasteiger charge is -2.08. The third-order valence-corrected chi connectivity index (χ3v) is 2.72. The van der Waals surface area contributed by atoms with Crippen LogP contribution in [0, 0.1) is 13.8 Å². The number of benzene rings is 1. The Morgan fingerprint density at radius 1 is 1.33 bits per heavy atom. The molecule has 0 aromatic heterocycles. The van der Waals surface area contributed by atoms with Crippen molar-refractivity contribution in [1.82, 2.24) is 5.32 Å². The normalized spacial score (nSPS) is 10.6. The predicted octanol–water partition coefficient (Wildman–Crippen LogP) is 2.76. The second-order valence-corrected chi connectivity index (χ2v) is 4.24. The number of hydrogen-bond donors (Lipinski definition) is 1. The molecule has 1 N–H and O–H groups in total. The molecule has 98 valence electrons. The number of ether oxygens (including phenoxy) is 1. The Hall–Kier alpha value is -1.77. The van der Waals surface area contributed by atoms with Crippen LogP contribution in [0.25, 0.3) is 0 Å². The number of aryl methyl sites for hydroxylation is 2. The fraction of sp³-hybridized carbons (Fsp3) is 0.400. The SMILES string of the molecule is C/C=C/CCNC(=O)COc1ccc(C)c(C)c1. The number of carbonyl (C=O) groups excluding carboxylic acids is 1. The maximum absolute atomic E-state index is 11.5. The molecule has 0 unspecified atom stereocenters. The zero-order chi connectivity index (χ0) is 13.4. The Labute approximate surface area is 109 Å². The van der Waals surface area contributed by atoms with Gasteiger partial charge in [0.25, 0.3) is 5.91 Å². The molecule has 1 aromatic rings. The third kappa shape index (κ3) is 5.04. The Kier molecular flexibility index (Phi) is 5.98. The molecule has 0 aliphatic carbocycles. The molecule has 0 aliphatic heterocycles. The van der Waals surface area contributed by atoms with Crippen LogP contribution in [-0.2, 0) is 4.79 Å². The van der Waals surface area contributed by atoms with E-state index >= 15 is 0 Å². The van der Waals surface area contributed by atoms with Crippen LogP contribution in [0.2, 0.25) is 0 Å². The van der Waals surface area contributed by atoms with Gasteiger partial charge in [0, 0.05) is 6.54 Å². The van der Waals surface area contributed by atoms with Crippen LogP contribution in [0.1, 0.15) is 24.5 Å². The van der Waals surface area contributed by atoms with E-state index in [1.54, 1.807) is 0 Å². The number of hydrogen-bond acceptors (Lipinski definition) is 2. The topological polar surface area (TPSA) is 38.3 Å². The summed E-state index contributed by atoms with van der Waals surface area (Å²) in [5.41, 5.74) is 2.39. The van der Waals surface area contributed by atoms with Gasteiger partial charge in [0.05, 0.1) is 0 Å². The molecule has 3 heteroatoms. The van der Waals surface area contributed by atoms with Gasteiger partial charge in [0.1, 0.15) is 5.75 Å². The highest BCUT2D eigenvalue weighted by molar-refractivity contribution is 5.77. The predicted molar refractivity (Wildman–Crippen MR) is 73.9 cm³/mol. The summed E-state index contributed by atoms with van der Waals surface area (Å²) in [6.07, 6.45) is 4.84. The van der Waals surface area contributed by atoms with Crippen LogP contribution < -0.4 is 10.1 Å². The van der Waals surface area contributed by atoms with Gasteiger partial charge in [-0.2, -0.15) is 0 Å². The molecule has 0 radical (unpaired) electrons. The number of amides is 1. The molecule has 3 nitrogen and oxygen atoms in total. The van der Waals surface area contributed by atoms with Crippen molar-refractivity contribution in [3.63, 3.8) is 0 Å². The van der Waals surface area contributed by atoms with Crippen LogP contribution in [0.15, 0.2) is 30.4 Å². The minimum absolute atomic E-state index is 0.0678. The summed E-state index contributed by atoms with van der Waals surface area (Å²) in [7, 11) is 0. The van der Waals surface area contributed by atoms with Gasteiger partial charge in [-0.05, 0) is 50.5 Å². The van der Waals surface area contributed by atoms with Gasteiger partial charge >= 0.3 is 0 Å². The van der Waals surface area contributed by atoms with Gasteiger partial charge in [0.15, 0.2) is 6.61 Å². The molecular weight excluding hydrogens is 226 g/mol. The summed E-state index contributed by atoms with van der Waals surface area (Å²) in [4.78, 5) is 11.5. The van der Waals surface area contributed by atoms with Crippen molar-refractivity contribution in [3.05, 3.63) is 41.5 Å². The Morgan fingerprint density at radius 2 is 2.11 bits per heavy atom. The van der Waals surface area contributed by atoms with E-state index in [2.05, 4.69) is 5.32 Å². The average molecular weight is 247 g/mol. The Morgan fingerprint density at radius 3 is 2.78 bits per heavy atom. The van der Waals surface area contributed by atoms with E-state index in [1.807, 2.05) is 51.1 Å². The van der Waals surface area contributed by atoms with Crippen molar-refractivity contribution in [2.75, 3.05) is 13.2 Å². The van der Waals surface area contributed by atoms with Gasteiger partial charge in [0.2, 0.25) is 0 Å². The maximum Gasteiger partial charge on any atom is 0.257 e. The molecule has 1 amide bonds. The second-order valence-electron chi connectivity index (χ2n) is 4.24. The average Bonchev–Trinajstić information content (AvgIpc) is 2.36. The number of allylic oxidation sites excluding steroid dienone is 1. The number of nitrogens with one attached hydrogen (secondary N) is 1. The van der Waals surface area contributed by atoms with E-state index in [0.717, 1.165) is 12.2 Å². The fourth-order valence-corrected chi connectivity index (χ4v) is 1.47. The summed E-state index contributed by atoms with van der Waals surface area (Å²) in [5.74, 6) is 0.652. The molecule has 0 fully saturated rings. The summed E-state index contributed by atoms with van der Waals surface area (Å²) < 4.78 is 5.43. The Balaban J connectivity index is 2.31. The van der Waals surface area contributed by atoms with E-state index in [4.69, 9.17) is 4.74 Å². The first-order valence-corrected chi connectivity index (χ1v) is 6.21. The van der Waals surface area contributed by atoms with E-state index in [0.29, 0.717) is 6.54 Å². The molecule has 1 aromatic carbocycles. The van der Waals surface area contributed by atoms with Crippen LogP contribution in [0.3, 0.4) is 0 Å². The summed E-state index contributed by atoms with van der Waals surface area (Å²) in [6, 6.07) is 5.83. The van der Waals surface area contributed by atoms with Gasteiger partial charge < -0.3 is 10.1 Å². The smallest absolute Gasteiger partial charge is 0.257 e. The van der Waals surface area contributed by atoms with Gasteiger partial charge in [-0.25, -0.2) is 0 Å².